The van der Waals surface area contributed by atoms with Crippen molar-refractivity contribution in [1.82, 2.24) is 4.57 Å². The van der Waals surface area contributed by atoms with Crippen molar-refractivity contribution < 1.29 is 4.42 Å². The second kappa shape index (κ2) is 16.9. The van der Waals surface area contributed by atoms with Gasteiger partial charge in [-0.1, -0.05) is 212 Å². The number of para-hydroxylation sites is 6. The van der Waals surface area contributed by atoms with Gasteiger partial charge in [0.2, 0.25) is 0 Å². The molecule has 0 spiro atoms. The highest BCUT2D eigenvalue weighted by Gasteiger charge is 2.22. The van der Waals surface area contributed by atoms with E-state index in [4.69, 9.17) is 4.42 Å². The molecule has 0 saturated heterocycles. The van der Waals surface area contributed by atoms with Gasteiger partial charge in [0, 0.05) is 49.6 Å². The molecule has 0 fully saturated rings. The fourth-order valence-electron chi connectivity index (χ4n) is 10.4. The van der Waals surface area contributed by atoms with E-state index in [2.05, 4.69) is 270 Å². The minimum Gasteiger partial charge on any atom is -0.455 e. The standard InChI is InChI=1S/C66H44N2O/c1-2-18-47(19-3-1)52-22-4-5-23-53(52)49-20-16-21-51(44-49)67(62-32-12-9-27-57(62)59-29-17-30-60-58-28-10-15-35-65(58)69-66(59)60)50-42-40-46(41-43-50)45-36-38-48(39-37-45)54-24-6-11-31-61(54)68-63-33-13-7-25-55(63)56-26-8-14-34-64(56)68/h1-44H. The fraction of sp³-hybridized carbons (Fsp3) is 0. The van der Waals surface area contributed by atoms with Crippen molar-refractivity contribution in [2.75, 3.05) is 4.90 Å². The molecule has 69 heavy (non-hydrogen) atoms. The number of furan rings is 1. The van der Waals surface area contributed by atoms with Crippen LogP contribution in [0.2, 0.25) is 0 Å². The van der Waals surface area contributed by atoms with Gasteiger partial charge >= 0.3 is 0 Å². The molecule has 13 rings (SSSR count). The van der Waals surface area contributed by atoms with E-state index in [1.807, 2.05) is 6.07 Å². The molecule has 11 aromatic carbocycles. The molecule has 0 aliphatic carbocycles. The van der Waals surface area contributed by atoms with E-state index in [0.717, 1.165) is 72.5 Å². The lowest BCUT2D eigenvalue weighted by atomic mass is 9.94. The second-order valence-corrected chi connectivity index (χ2v) is 17.6. The molecule has 0 radical (unpaired) electrons. The number of hydrogen-bond donors (Lipinski definition) is 0. The van der Waals surface area contributed by atoms with E-state index < -0.39 is 0 Å². The zero-order valence-electron chi connectivity index (χ0n) is 37.7. The van der Waals surface area contributed by atoms with E-state index in [9.17, 15) is 0 Å². The number of anilines is 3. The van der Waals surface area contributed by atoms with Crippen LogP contribution in [0.4, 0.5) is 17.1 Å². The average Bonchev–Trinajstić information content (AvgIpc) is 3.98. The Balaban J connectivity index is 0.910. The highest BCUT2D eigenvalue weighted by molar-refractivity contribution is 6.11. The third kappa shape index (κ3) is 6.99. The normalized spacial score (nSPS) is 11.5. The smallest absolute Gasteiger partial charge is 0.143 e. The number of nitrogens with zero attached hydrogens (tertiary/aromatic N) is 2. The van der Waals surface area contributed by atoms with Gasteiger partial charge in [0.25, 0.3) is 0 Å². The van der Waals surface area contributed by atoms with Crippen molar-refractivity contribution in [1.29, 1.82) is 0 Å². The summed E-state index contributed by atoms with van der Waals surface area (Å²) in [6.07, 6.45) is 0. The highest BCUT2D eigenvalue weighted by atomic mass is 16.3. The summed E-state index contributed by atoms with van der Waals surface area (Å²) in [5.74, 6) is 0. The van der Waals surface area contributed by atoms with Crippen molar-refractivity contribution in [2.24, 2.45) is 0 Å². The quantitative estimate of drug-likeness (QED) is 0.144. The van der Waals surface area contributed by atoms with Crippen molar-refractivity contribution >= 4 is 60.8 Å². The first-order valence-corrected chi connectivity index (χ1v) is 23.6. The summed E-state index contributed by atoms with van der Waals surface area (Å²) in [5, 5.41) is 4.74. The maximum Gasteiger partial charge on any atom is 0.143 e. The molecule has 13 aromatic rings. The van der Waals surface area contributed by atoms with Crippen molar-refractivity contribution in [2.45, 2.75) is 0 Å². The lowest BCUT2D eigenvalue weighted by Gasteiger charge is -2.28. The topological polar surface area (TPSA) is 21.3 Å². The Bertz CT molecular complexity index is 3960. The van der Waals surface area contributed by atoms with Crippen LogP contribution in [0, 0.1) is 0 Å². The van der Waals surface area contributed by atoms with Gasteiger partial charge in [0.05, 0.1) is 22.4 Å². The minimum atomic E-state index is 0.883. The van der Waals surface area contributed by atoms with Gasteiger partial charge in [-0.05, 0) is 93.5 Å². The summed E-state index contributed by atoms with van der Waals surface area (Å²) in [6, 6.07) is 96.0. The third-order valence-corrected chi connectivity index (χ3v) is 13.6. The molecule has 0 amide bonds. The molecule has 2 heterocycles. The average molecular weight is 881 g/mol. The SMILES string of the molecule is c1ccc(-c2ccccc2-c2cccc(N(c3ccc(-c4ccc(-c5ccccc5-n5c6ccccc6c6ccccc65)cc4)cc3)c3ccccc3-c3cccc4c3oc3ccccc34)c2)cc1. The number of hydrogen-bond acceptors (Lipinski definition) is 2. The Morgan fingerprint density at radius 2 is 0.783 bits per heavy atom. The molecule has 0 unspecified atom stereocenters. The van der Waals surface area contributed by atoms with E-state index >= 15 is 0 Å². The molecule has 3 heteroatoms. The van der Waals surface area contributed by atoms with Crippen molar-refractivity contribution in [3.63, 3.8) is 0 Å². The van der Waals surface area contributed by atoms with Crippen molar-refractivity contribution in [3.8, 4) is 61.3 Å². The summed E-state index contributed by atoms with van der Waals surface area (Å²) in [4.78, 5) is 2.39. The second-order valence-electron chi connectivity index (χ2n) is 17.6. The van der Waals surface area contributed by atoms with E-state index in [1.165, 1.54) is 49.6 Å². The Labute approximate surface area is 401 Å². The van der Waals surface area contributed by atoms with Crippen LogP contribution in [-0.2, 0) is 0 Å². The van der Waals surface area contributed by atoms with Gasteiger partial charge in [0.1, 0.15) is 11.2 Å². The lowest BCUT2D eigenvalue weighted by Crippen LogP contribution is -2.11. The number of aromatic nitrogens is 1. The molecular formula is C66H44N2O. The zero-order chi connectivity index (χ0) is 45.7. The van der Waals surface area contributed by atoms with Crippen LogP contribution < -0.4 is 4.90 Å². The maximum atomic E-state index is 6.66. The molecular weight excluding hydrogens is 837 g/mol. The Morgan fingerprint density at radius 3 is 1.52 bits per heavy atom. The van der Waals surface area contributed by atoms with Crippen LogP contribution in [0.15, 0.2) is 271 Å². The van der Waals surface area contributed by atoms with Crippen LogP contribution in [-0.4, -0.2) is 4.57 Å². The number of benzene rings is 11. The predicted molar refractivity (Wildman–Crippen MR) is 290 cm³/mol. The maximum absolute atomic E-state index is 6.66. The number of rotatable bonds is 9. The summed E-state index contributed by atoms with van der Waals surface area (Å²) >= 11 is 0. The molecule has 3 nitrogen and oxygen atoms in total. The Hall–Kier alpha value is -9.18. The molecule has 0 aliphatic heterocycles. The Morgan fingerprint density at radius 1 is 0.290 bits per heavy atom. The van der Waals surface area contributed by atoms with Gasteiger partial charge in [0.15, 0.2) is 0 Å². The first kappa shape index (κ1) is 40.1. The van der Waals surface area contributed by atoms with Gasteiger partial charge in [-0.2, -0.15) is 0 Å². The van der Waals surface area contributed by atoms with Gasteiger partial charge in [-0.25, -0.2) is 0 Å². The van der Waals surface area contributed by atoms with Crippen LogP contribution >= 0.6 is 0 Å². The molecule has 324 valence electrons. The first-order valence-electron chi connectivity index (χ1n) is 23.6. The summed E-state index contributed by atoms with van der Waals surface area (Å²) in [6.45, 7) is 0. The van der Waals surface area contributed by atoms with E-state index in [1.54, 1.807) is 0 Å². The number of fused-ring (bicyclic) bond motifs is 6. The summed E-state index contributed by atoms with van der Waals surface area (Å²) < 4.78 is 9.07. The van der Waals surface area contributed by atoms with Crippen molar-refractivity contribution in [3.05, 3.63) is 267 Å². The molecule has 0 aliphatic rings. The van der Waals surface area contributed by atoms with Gasteiger partial charge < -0.3 is 13.9 Å². The molecule has 0 bridgehead atoms. The first-order chi connectivity index (χ1) is 34.2. The third-order valence-electron chi connectivity index (χ3n) is 13.6. The van der Waals surface area contributed by atoms with Crippen LogP contribution in [0.3, 0.4) is 0 Å². The Kier molecular flexibility index (Phi) is 9.84. The van der Waals surface area contributed by atoms with Gasteiger partial charge in [-0.15, -0.1) is 0 Å². The highest BCUT2D eigenvalue weighted by Crippen LogP contribution is 2.46. The van der Waals surface area contributed by atoms with Crippen LogP contribution in [0.5, 0.6) is 0 Å². The van der Waals surface area contributed by atoms with Gasteiger partial charge in [-0.3, -0.25) is 0 Å². The van der Waals surface area contributed by atoms with E-state index in [0.29, 0.717) is 0 Å². The van der Waals surface area contributed by atoms with Crippen LogP contribution in [0.1, 0.15) is 0 Å². The zero-order valence-corrected chi connectivity index (χ0v) is 37.7. The summed E-state index contributed by atoms with van der Waals surface area (Å²) in [7, 11) is 0. The van der Waals surface area contributed by atoms with Crippen LogP contribution in [0.25, 0.3) is 105 Å². The predicted octanol–water partition coefficient (Wildman–Crippen LogP) is 18.5. The molecule has 0 atom stereocenters. The minimum absolute atomic E-state index is 0.883. The molecule has 2 aromatic heterocycles. The monoisotopic (exact) mass is 880 g/mol. The largest absolute Gasteiger partial charge is 0.455 e. The molecule has 0 N–H and O–H groups in total. The fourth-order valence-corrected chi connectivity index (χ4v) is 10.4. The summed E-state index contributed by atoms with van der Waals surface area (Å²) in [5.41, 5.74) is 20.0. The lowest BCUT2D eigenvalue weighted by molar-refractivity contribution is 0.670. The van der Waals surface area contributed by atoms with E-state index in [-0.39, 0.29) is 0 Å². The molecule has 0 saturated carbocycles.